The van der Waals surface area contributed by atoms with Crippen molar-refractivity contribution in [3.05, 3.63) is 78.6 Å². The molecule has 0 aliphatic carbocycles. The molecule has 1 aliphatic rings. The van der Waals surface area contributed by atoms with Gasteiger partial charge in [-0.3, -0.25) is 4.79 Å². The minimum atomic E-state index is -3.38. The molecule has 3 aromatic rings. The fraction of sp³-hybridized carbons (Fsp3) is 0.273. The molecule has 1 aliphatic heterocycles. The van der Waals surface area contributed by atoms with Crippen LogP contribution in [0.4, 0.5) is 5.69 Å². The van der Waals surface area contributed by atoms with Gasteiger partial charge >= 0.3 is 0 Å². The van der Waals surface area contributed by atoms with E-state index >= 15 is 0 Å². The van der Waals surface area contributed by atoms with Gasteiger partial charge in [0.1, 0.15) is 0 Å². The van der Waals surface area contributed by atoms with Crippen LogP contribution in [-0.4, -0.2) is 41.5 Å². The SMILES string of the molecule is O=C(Nc1cccc(-n2cccn2)c1)C1CCN(S(=O)(=O)Cc2ccccc2)CC1. The van der Waals surface area contributed by atoms with Crippen LogP contribution < -0.4 is 5.32 Å². The van der Waals surface area contributed by atoms with Gasteiger partial charge in [0, 0.05) is 37.1 Å². The van der Waals surface area contributed by atoms with Crippen LogP contribution in [0.15, 0.2) is 73.1 Å². The second-order valence-electron chi connectivity index (χ2n) is 7.41. The summed E-state index contributed by atoms with van der Waals surface area (Å²) in [6, 6.07) is 18.5. The molecule has 2 aromatic carbocycles. The lowest BCUT2D eigenvalue weighted by Crippen LogP contribution is -2.41. The predicted molar refractivity (Wildman–Crippen MR) is 116 cm³/mol. The summed E-state index contributed by atoms with van der Waals surface area (Å²) in [7, 11) is -3.38. The van der Waals surface area contributed by atoms with Gasteiger partial charge in [0.15, 0.2) is 0 Å². The van der Waals surface area contributed by atoms with Crippen LogP contribution in [0.5, 0.6) is 0 Å². The molecule has 0 bridgehead atoms. The number of hydrogen-bond donors (Lipinski definition) is 1. The van der Waals surface area contributed by atoms with Crippen LogP contribution in [0.25, 0.3) is 5.69 Å². The highest BCUT2D eigenvalue weighted by Crippen LogP contribution is 2.23. The molecule has 1 fully saturated rings. The Morgan fingerprint density at radius 2 is 1.80 bits per heavy atom. The van der Waals surface area contributed by atoms with Gasteiger partial charge in [0.05, 0.1) is 11.4 Å². The van der Waals surface area contributed by atoms with E-state index in [9.17, 15) is 13.2 Å². The fourth-order valence-electron chi connectivity index (χ4n) is 3.66. The van der Waals surface area contributed by atoms with Gasteiger partial charge in [-0.25, -0.2) is 17.4 Å². The number of carbonyl (C=O) groups is 1. The molecule has 1 saturated heterocycles. The third-order valence-electron chi connectivity index (χ3n) is 5.29. The Kier molecular flexibility index (Phi) is 5.96. The van der Waals surface area contributed by atoms with E-state index in [0.717, 1.165) is 11.3 Å². The zero-order valence-electron chi connectivity index (χ0n) is 16.5. The summed E-state index contributed by atoms with van der Waals surface area (Å²) in [5.41, 5.74) is 2.33. The Hall–Kier alpha value is -2.97. The molecule has 0 radical (unpaired) electrons. The van der Waals surface area contributed by atoms with Crippen molar-refractivity contribution < 1.29 is 13.2 Å². The predicted octanol–water partition coefficient (Wildman–Crippen LogP) is 3.05. The van der Waals surface area contributed by atoms with Crippen LogP contribution in [0.3, 0.4) is 0 Å². The minimum Gasteiger partial charge on any atom is -0.326 e. The quantitative estimate of drug-likeness (QED) is 0.659. The monoisotopic (exact) mass is 424 g/mol. The second kappa shape index (κ2) is 8.81. The number of hydrogen-bond acceptors (Lipinski definition) is 4. The number of carbonyl (C=O) groups excluding carboxylic acids is 1. The Labute approximate surface area is 176 Å². The third-order valence-corrected chi connectivity index (χ3v) is 7.14. The smallest absolute Gasteiger partial charge is 0.227 e. The number of amides is 1. The first-order chi connectivity index (χ1) is 14.5. The van der Waals surface area contributed by atoms with Crippen LogP contribution in [0.2, 0.25) is 0 Å². The molecule has 0 atom stereocenters. The van der Waals surface area contributed by atoms with E-state index in [2.05, 4.69) is 10.4 Å². The molecule has 0 unspecified atom stereocenters. The highest BCUT2D eigenvalue weighted by atomic mass is 32.2. The van der Waals surface area contributed by atoms with Gasteiger partial charge in [-0.1, -0.05) is 36.4 Å². The van der Waals surface area contributed by atoms with Gasteiger partial charge in [-0.05, 0) is 42.7 Å². The summed E-state index contributed by atoms with van der Waals surface area (Å²) in [6.07, 6.45) is 4.56. The summed E-state index contributed by atoms with van der Waals surface area (Å²) < 4.78 is 28.6. The molecule has 7 nitrogen and oxygen atoms in total. The average Bonchev–Trinajstić information content (AvgIpc) is 3.29. The van der Waals surface area contributed by atoms with Gasteiger partial charge in [-0.2, -0.15) is 5.10 Å². The summed E-state index contributed by atoms with van der Waals surface area (Å²) in [5, 5.41) is 7.16. The number of piperidine rings is 1. The number of rotatable bonds is 6. The first kappa shape index (κ1) is 20.3. The first-order valence-corrected chi connectivity index (χ1v) is 11.5. The van der Waals surface area contributed by atoms with E-state index in [0.29, 0.717) is 31.6 Å². The molecule has 30 heavy (non-hydrogen) atoms. The van der Waals surface area contributed by atoms with Crippen molar-refractivity contribution in [2.24, 2.45) is 5.92 Å². The molecule has 1 amide bonds. The van der Waals surface area contributed by atoms with Crippen molar-refractivity contribution in [3.8, 4) is 5.69 Å². The standard InChI is InChI=1S/C22H24N4O3S/c27-22(24-20-8-4-9-21(16-20)26-13-5-12-23-26)19-10-14-25(15-11-19)30(28,29)17-18-6-2-1-3-7-18/h1-9,12-13,16,19H,10-11,14-15,17H2,(H,24,27). The molecule has 1 aromatic heterocycles. The van der Waals surface area contributed by atoms with E-state index < -0.39 is 10.0 Å². The van der Waals surface area contributed by atoms with Crippen molar-refractivity contribution in [1.29, 1.82) is 0 Å². The summed E-state index contributed by atoms with van der Waals surface area (Å²) in [4.78, 5) is 12.7. The van der Waals surface area contributed by atoms with Crippen molar-refractivity contribution in [2.75, 3.05) is 18.4 Å². The third kappa shape index (κ3) is 4.77. The molecular formula is C22H24N4O3S. The number of anilines is 1. The van der Waals surface area contributed by atoms with E-state index in [1.165, 1.54) is 4.31 Å². The van der Waals surface area contributed by atoms with Crippen LogP contribution in [0.1, 0.15) is 18.4 Å². The summed E-state index contributed by atoms with van der Waals surface area (Å²) >= 11 is 0. The summed E-state index contributed by atoms with van der Waals surface area (Å²) in [5.74, 6) is -0.292. The Morgan fingerprint density at radius 1 is 1.03 bits per heavy atom. The number of nitrogens with one attached hydrogen (secondary N) is 1. The van der Waals surface area contributed by atoms with Crippen LogP contribution in [0, 0.1) is 5.92 Å². The second-order valence-corrected chi connectivity index (χ2v) is 9.37. The maximum atomic E-state index is 12.7. The van der Waals surface area contributed by atoms with Crippen LogP contribution >= 0.6 is 0 Å². The van der Waals surface area contributed by atoms with E-state index in [4.69, 9.17) is 0 Å². The molecule has 156 valence electrons. The largest absolute Gasteiger partial charge is 0.326 e. The Bertz CT molecular complexity index is 1090. The number of aromatic nitrogens is 2. The lowest BCUT2D eigenvalue weighted by molar-refractivity contribution is -0.120. The number of nitrogens with zero attached hydrogens (tertiary/aromatic N) is 3. The summed E-state index contributed by atoms with van der Waals surface area (Å²) in [6.45, 7) is 0.723. The Morgan fingerprint density at radius 3 is 2.50 bits per heavy atom. The fourth-order valence-corrected chi connectivity index (χ4v) is 5.23. The topological polar surface area (TPSA) is 84.3 Å². The van der Waals surface area contributed by atoms with E-state index in [1.54, 1.807) is 10.9 Å². The molecule has 2 heterocycles. The van der Waals surface area contributed by atoms with Gasteiger partial charge in [0.25, 0.3) is 0 Å². The van der Waals surface area contributed by atoms with Gasteiger partial charge in [0.2, 0.25) is 15.9 Å². The molecule has 0 saturated carbocycles. The highest BCUT2D eigenvalue weighted by Gasteiger charge is 2.31. The maximum Gasteiger partial charge on any atom is 0.227 e. The molecular weight excluding hydrogens is 400 g/mol. The average molecular weight is 425 g/mol. The zero-order valence-corrected chi connectivity index (χ0v) is 17.3. The normalized spacial score (nSPS) is 15.7. The lowest BCUT2D eigenvalue weighted by Gasteiger charge is -2.30. The number of sulfonamides is 1. The lowest BCUT2D eigenvalue weighted by atomic mass is 9.97. The van der Waals surface area contributed by atoms with Crippen molar-refractivity contribution in [3.63, 3.8) is 0 Å². The highest BCUT2D eigenvalue weighted by molar-refractivity contribution is 7.88. The molecule has 8 heteroatoms. The van der Waals surface area contributed by atoms with E-state index in [1.807, 2.05) is 66.9 Å². The Balaban J connectivity index is 1.34. The molecule has 0 spiro atoms. The van der Waals surface area contributed by atoms with Gasteiger partial charge in [-0.15, -0.1) is 0 Å². The van der Waals surface area contributed by atoms with Crippen LogP contribution in [-0.2, 0) is 20.6 Å². The zero-order chi connectivity index (χ0) is 21.0. The minimum absolute atomic E-state index is 0.00900. The molecule has 4 rings (SSSR count). The van der Waals surface area contributed by atoms with Crippen molar-refractivity contribution in [1.82, 2.24) is 14.1 Å². The first-order valence-electron chi connectivity index (χ1n) is 9.94. The van der Waals surface area contributed by atoms with Crippen molar-refractivity contribution >= 4 is 21.6 Å². The van der Waals surface area contributed by atoms with Crippen molar-refractivity contribution in [2.45, 2.75) is 18.6 Å². The van der Waals surface area contributed by atoms with Gasteiger partial charge < -0.3 is 5.32 Å². The van der Waals surface area contributed by atoms with E-state index in [-0.39, 0.29) is 17.6 Å². The number of benzene rings is 2. The maximum absolute atomic E-state index is 12.7. The molecule has 1 N–H and O–H groups in total.